The van der Waals surface area contributed by atoms with Gasteiger partial charge in [0.25, 0.3) is 0 Å². The Hall–Kier alpha value is -1.21. The van der Waals surface area contributed by atoms with Crippen molar-refractivity contribution in [2.45, 2.75) is 123 Å². The Morgan fingerprint density at radius 2 is 1.94 bits per heavy atom. The van der Waals surface area contributed by atoms with E-state index in [-0.39, 0.29) is 5.41 Å². The number of rotatable bonds is 7. The zero-order chi connectivity index (χ0) is 25.5. The van der Waals surface area contributed by atoms with Crippen molar-refractivity contribution < 1.29 is 29.2 Å². The lowest BCUT2D eigenvalue weighted by Gasteiger charge is -2.53. The summed E-state index contributed by atoms with van der Waals surface area (Å²) in [7, 11) is 0. The molecule has 1 aliphatic heterocycles. The highest BCUT2D eigenvalue weighted by Crippen LogP contribution is 2.58. The summed E-state index contributed by atoms with van der Waals surface area (Å²) in [6.07, 6.45) is 5.52. The summed E-state index contributed by atoms with van der Waals surface area (Å²) < 4.78 is 17.5. The van der Waals surface area contributed by atoms with Gasteiger partial charge < -0.3 is 24.4 Å². The Labute approximate surface area is 205 Å². The molecule has 0 unspecified atom stereocenters. The van der Waals surface area contributed by atoms with Gasteiger partial charge in [0.1, 0.15) is 12.2 Å². The molecular formula is C28H46O6. The van der Waals surface area contributed by atoms with Crippen molar-refractivity contribution in [2.75, 3.05) is 0 Å². The molecular weight excluding hydrogens is 432 g/mol. The second-order valence-electron chi connectivity index (χ2n) is 12.0. The van der Waals surface area contributed by atoms with Gasteiger partial charge in [-0.3, -0.25) is 4.79 Å². The number of aliphatic hydroxyl groups excluding tert-OH is 2. The maximum Gasteiger partial charge on any atom is 0.303 e. The molecule has 9 atom stereocenters. The van der Waals surface area contributed by atoms with Crippen molar-refractivity contribution in [3.8, 4) is 0 Å². The molecule has 34 heavy (non-hydrogen) atoms. The largest absolute Gasteiger partial charge is 0.454 e. The lowest BCUT2D eigenvalue weighted by atomic mass is 9.52. The third-order valence-corrected chi connectivity index (χ3v) is 9.15. The second-order valence-corrected chi connectivity index (χ2v) is 12.0. The molecule has 0 aromatic carbocycles. The number of hydrogen-bond acceptors (Lipinski definition) is 6. The van der Waals surface area contributed by atoms with E-state index < -0.39 is 42.3 Å². The molecule has 1 saturated carbocycles. The first-order valence-corrected chi connectivity index (χ1v) is 12.9. The monoisotopic (exact) mass is 478 g/mol. The van der Waals surface area contributed by atoms with Crippen LogP contribution in [0.2, 0.25) is 0 Å². The van der Waals surface area contributed by atoms with Crippen LogP contribution in [0.25, 0.3) is 0 Å². The van der Waals surface area contributed by atoms with E-state index in [0.717, 1.165) is 12.8 Å². The fourth-order valence-corrected chi connectivity index (χ4v) is 6.32. The molecule has 1 heterocycles. The molecule has 0 radical (unpaired) electrons. The summed E-state index contributed by atoms with van der Waals surface area (Å²) in [5, 5.41) is 20.8. The molecule has 194 valence electrons. The molecule has 2 fully saturated rings. The zero-order valence-electron chi connectivity index (χ0n) is 22.2. The van der Waals surface area contributed by atoms with E-state index in [1.54, 1.807) is 18.6 Å². The number of hydrogen-bond donors (Lipinski definition) is 2. The number of ether oxygens (including phenoxy) is 3. The van der Waals surface area contributed by atoms with Crippen molar-refractivity contribution in [1.29, 1.82) is 0 Å². The van der Waals surface area contributed by atoms with Crippen LogP contribution in [0, 0.1) is 22.7 Å². The molecule has 0 aromatic rings. The molecule has 3 rings (SSSR count). The van der Waals surface area contributed by atoms with Crippen molar-refractivity contribution in [3.05, 3.63) is 24.3 Å². The maximum absolute atomic E-state index is 11.7. The van der Waals surface area contributed by atoms with Gasteiger partial charge >= 0.3 is 5.97 Å². The Morgan fingerprint density at radius 1 is 1.26 bits per heavy atom. The number of fused-ring (bicyclic) bond motifs is 1. The van der Waals surface area contributed by atoms with Crippen molar-refractivity contribution in [3.63, 3.8) is 0 Å². The Morgan fingerprint density at radius 3 is 2.56 bits per heavy atom. The summed E-state index contributed by atoms with van der Waals surface area (Å²) in [6.45, 7) is 18.5. The van der Waals surface area contributed by atoms with Gasteiger partial charge in [-0.15, -0.1) is 6.58 Å². The molecule has 2 N–H and O–H groups in total. The summed E-state index contributed by atoms with van der Waals surface area (Å²) in [6, 6.07) is 0. The van der Waals surface area contributed by atoms with E-state index in [4.69, 9.17) is 14.2 Å². The highest BCUT2D eigenvalue weighted by Gasteiger charge is 2.50. The number of carbonyl (C=O) groups is 1. The van der Waals surface area contributed by atoms with E-state index >= 15 is 0 Å². The molecule has 3 aliphatic rings. The van der Waals surface area contributed by atoms with Crippen molar-refractivity contribution in [2.24, 2.45) is 22.7 Å². The van der Waals surface area contributed by atoms with Crippen molar-refractivity contribution in [1.82, 2.24) is 0 Å². The Balaban J connectivity index is 1.79. The quantitative estimate of drug-likeness (QED) is 0.399. The van der Waals surface area contributed by atoms with Crippen LogP contribution in [0.1, 0.15) is 87.0 Å². The molecule has 6 heteroatoms. The van der Waals surface area contributed by atoms with Gasteiger partial charge in [0.05, 0.1) is 11.7 Å². The van der Waals surface area contributed by atoms with Gasteiger partial charge in [-0.2, -0.15) is 0 Å². The van der Waals surface area contributed by atoms with Gasteiger partial charge in [-0.25, -0.2) is 0 Å². The average molecular weight is 479 g/mol. The predicted molar refractivity (Wildman–Crippen MR) is 132 cm³/mol. The van der Waals surface area contributed by atoms with Gasteiger partial charge in [-0.1, -0.05) is 45.4 Å². The highest BCUT2D eigenvalue weighted by molar-refractivity contribution is 5.66. The minimum absolute atomic E-state index is 0.0694. The van der Waals surface area contributed by atoms with Crippen LogP contribution < -0.4 is 0 Å². The normalized spacial score (nSPS) is 41.6. The second kappa shape index (κ2) is 10.0. The topological polar surface area (TPSA) is 85.2 Å². The van der Waals surface area contributed by atoms with E-state index in [9.17, 15) is 15.0 Å². The van der Waals surface area contributed by atoms with Crippen LogP contribution in [0.5, 0.6) is 0 Å². The average Bonchev–Trinajstić information content (AvgIpc) is 2.76. The van der Waals surface area contributed by atoms with Gasteiger partial charge in [0, 0.05) is 6.92 Å². The Kier molecular flexibility index (Phi) is 8.08. The standard InChI is InChI=1S/C28H46O6/c1-9-27(7,34-25-24(33-19(4)29)23(31)22(30)18(3)32-25)15-16-28(8)17(2)12-13-20-21(28)11-10-14-26(20,5)6/h9,11,17-18,20,22-25,30-31H,1,10,12-16H2,2-8H3/t17-,18-,20+,22-,23+,24+,25-,27-,28+/m0/s1. The summed E-state index contributed by atoms with van der Waals surface area (Å²) >= 11 is 0. The summed E-state index contributed by atoms with van der Waals surface area (Å²) in [5.74, 6) is 0.616. The maximum atomic E-state index is 11.7. The summed E-state index contributed by atoms with van der Waals surface area (Å²) in [4.78, 5) is 11.7. The Bertz CT molecular complexity index is 790. The van der Waals surface area contributed by atoms with Crippen LogP contribution >= 0.6 is 0 Å². The molecule has 0 amide bonds. The molecule has 1 saturated heterocycles. The molecule has 0 aromatic heterocycles. The van der Waals surface area contributed by atoms with Gasteiger partial charge in [0.2, 0.25) is 0 Å². The lowest BCUT2D eigenvalue weighted by Crippen LogP contribution is -2.60. The fraction of sp³-hybridized carbons (Fsp3) is 0.821. The highest BCUT2D eigenvalue weighted by atomic mass is 16.7. The minimum Gasteiger partial charge on any atom is -0.454 e. The first-order chi connectivity index (χ1) is 15.7. The molecule has 2 aliphatic carbocycles. The number of carbonyl (C=O) groups excluding carboxylic acids is 1. The number of esters is 1. The van der Waals surface area contributed by atoms with Gasteiger partial charge in [0.15, 0.2) is 12.4 Å². The first kappa shape index (κ1) is 27.4. The molecule has 0 bridgehead atoms. The third kappa shape index (κ3) is 5.30. The van der Waals surface area contributed by atoms with Crippen molar-refractivity contribution >= 4 is 5.97 Å². The lowest BCUT2D eigenvalue weighted by molar-refractivity contribution is -0.315. The smallest absolute Gasteiger partial charge is 0.303 e. The predicted octanol–water partition coefficient (Wildman–Crippen LogP) is 4.93. The van der Waals surface area contributed by atoms with Crippen LogP contribution in [0.4, 0.5) is 0 Å². The van der Waals surface area contributed by atoms with Gasteiger partial charge in [-0.05, 0) is 75.0 Å². The van der Waals surface area contributed by atoms with E-state index in [1.165, 1.54) is 26.2 Å². The summed E-state index contributed by atoms with van der Waals surface area (Å²) in [5.41, 5.74) is 1.24. The van der Waals surface area contributed by atoms with Crippen LogP contribution in [-0.2, 0) is 19.0 Å². The van der Waals surface area contributed by atoms with Crippen LogP contribution in [-0.4, -0.2) is 52.5 Å². The fourth-order valence-electron chi connectivity index (χ4n) is 6.32. The zero-order valence-corrected chi connectivity index (χ0v) is 22.2. The number of allylic oxidation sites excluding steroid dienone is 2. The molecule has 0 spiro atoms. The van der Waals surface area contributed by atoms with E-state index in [1.807, 2.05) is 6.92 Å². The third-order valence-electron chi connectivity index (χ3n) is 9.15. The SMILES string of the molecule is C=C[C@@](C)(CC[C@@]1(C)C2=CCCC(C)(C)[C@@H]2CC[C@@H]1C)O[C@@H]1O[C@@H](C)[C@H](O)[C@@H](O)[C@H]1OC(C)=O. The molecule has 6 nitrogen and oxygen atoms in total. The minimum atomic E-state index is -1.29. The van der Waals surface area contributed by atoms with E-state index in [2.05, 4.69) is 40.3 Å². The first-order valence-electron chi connectivity index (χ1n) is 12.9. The van der Waals surface area contributed by atoms with Crippen LogP contribution in [0.3, 0.4) is 0 Å². The van der Waals surface area contributed by atoms with E-state index in [0.29, 0.717) is 23.7 Å². The number of aliphatic hydroxyl groups is 2. The van der Waals surface area contributed by atoms with Crippen LogP contribution in [0.15, 0.2) is 24.3 Å².